The Kier molecular flexibility index (Phi) is 3.27. The van der Waals surface area contributed by atoms with Crippen LogP contribution in [-0.4, -0.2) is 36.7 Å². The second-order valence-electron chi connectivity index (χ2n) is 2.89. The molecule has 3 heteroatoms. The van der Waals surface area contributed by atoms with Crippen molar-refractivity contribution in [2.75, 3.05) is 19.6 Å². The minimum absolute atomic E-state index is 0.246. The number of carbonyl (C=O) groups excluding carboxylic acids is 1. The van der Waals surface area contributed by atoms with Crippen LogP contribution in [0.15, 0.2) is 4.99 Å². The first kappa shape index (κ1) is 8.44. The van der Waals surface area contributed by atoms with Gasteiger partial charge < -0.3 is 4.90 Å². The molecular formula is C8H14N2O. The molecule has 0 atom stereocenters. The fraction of sp³-hybridized carbons (Fsp3) is 0.875. The molecule has 1 aliphatic heterocycles. The minimum Gasteiger partial charge on any atom is -0.303 e. The van der Waals surface area contributed by atoms with Gasteiger partial charge >= 0.3 is 0 Å². The highest BCUT2D eigenvalue weighted by Crippen LogP contribution is 2.11. The van der Waals surface area contributed by atoms with Gasteiger partial charge in [0.05, 0.1) is 6.04 Å². The third kappa shape index (κ3) is 2.45. The summed E-state index contributed by atoms with van der Waals surface area (Å²) >= 11 is 0. The Morgan fingerprint density at radius 1 is 1.55 bits per heavy atom. The third-order valence-corrected chi connectivity index (χ3v) is 2.24. The summed E-state index contributed by atoms with van der Waals surface area (Å²) in [5, 5.41) is 0. The summed E-state index contributed by atoms with van der Waals surface area (Å²) in [4.78, 5) is 16.0. The van der Waals surface area contributed by atoms with E-state index < -0.39 is 0 Å². The number of piperidine rings is 1. The monoisotopic (exact) mass is 154 g/mol. The Morgan fingerprint density at radius 2 is 2.18 bits per heavy atom. The van der Waals surface area contributed by atoms with Crippen LogP contribution in [0.1, 0.15) is 19.8 Å². The normalized spacial score (nSPS) is 21.2. The molecule has 0 saturated carbocycles. The van der Waals surface area contributed by atoms with Crippen molar-refractivity contribution in [3.8, 4) is 0 Å². The molecule has 0 spiro atoms. The molecule has 1 aliphatic rings. The predicted molar refractivity (Wildman–Crippen MR) is 43.3 cm³/mol. The lowest BCUT2D eigenvalue weighted by Gasteiger charge is -2.27. The largest absolute Gasteiger partial charge is 0.303 e. The fourth-order valence-corrected chi connectivity index (χ4v) is 1.44. The van der Waals surface area contributed by atoms with Crippen LogP contribution in [0.25, 0.3) is 0 Å². The van der Waals surface area contributed by atoms with E-state index in [-0.39, 0.29) is 6.04 Å². The Bertz CT molecular complexity index is 155. The standard InChI is InChI=1S/C8H14N2O/c1-2-10-5-3-8(4-6-10)9-7-11/h8H,2-6H2,1H3. The van der Waals surface area contributed by atoms with E-state index in [1.165, 1.54) is 0 Å². The zero-order valence-electron chi connectivity index (χ0n) is 6.92. The maximum absolute atomic E-state index is 9.92. The van der Waals surface area contributed by atoms with Crippen molar-refractivity contribution in [1.82, 2.24) is 4.90 Å². The summed E-state index contributed by atoms with van der Waals surface area (Å²) < 4.78 is 0. The molecule has 0 amide bonds. The Hall–Kier alpha value is -0.660. The molecule has 1 saturated heterocycles. The molecule has 0 bridgehead atoms. The van der Waals surface area contributed by atoms with E-state index in [1.807, 2.05) is 0 Å². The Morgan fingerprint density at radius 3 is 2.64 bits per heavy atom. The van der Waals surface area contributed by atoms with E-state index in [0.717, 1.165) is 32.5 Å². The molecule has 62 valence electrons. The Labute approximate surface area is 67.1 Å². The highest BCUT2D eigenvalue weighted by atomic mass is 16.1. The summed E-state index contributed by atoms with van der Waals surface area (Å²) in [5.41, 5.74) is 0. The molecule has 1 fully saturated rings. The molecule has 1 rings (SSSR count). The minimum atomic E-state index is 0.246. The molecule has 0 aromatic rings. The van der Waals surface area contributed by atoms with Crippen molar-refractivity contribution in [2.24, 2.45) is 4.99 Å². The zero-order valence-corrected chi connectivity index (χ0v) is 6.92. The van der Waals surface area contributed by atoms with Gasteiger partial charge in [0.25, 0.3) is 0 Å². The number of aliphatic imine (C=N–C) groups is 1. The van der Waals surface area contributed by atoms with E-state index in [9.17, 15) is 4.79 Å². The average Bonchev–Trinajstić information content (AvgIpc) is 2.07. The summed E-state index contributed by atoms with van der Waals surface area (Å²) in [6, 6.07) is 0.246. The van der Waals surface area contributed by atoms with Gasteiger partial charge in [-0.2, -0.15) is 0 Å². The molecule has 0 aromatic heterocycles. The van der Waals surface area contributed by atoms with Gasteiger partial charge in [0, 0.05) is 13.1 Å². The lowest BCUT2D eigenvalue weighted by atomic mass is 10.1. The topological polar surface area (TPSA) is 32.7 Å². The van der Waals surface area contributed by atoms with Crippen LogP contribution in [0.4, 0.5) is 0 Å². The SMILES string of the molecule is CCN1CCC(N=C=O)CC1. The first-order valence-corrected chi connectivity index (χ1v) is 4.16. The number of hydrogen-bond donors (Lipinski definition) is 0. The summed E-state index contributed by atoms with van der Waals surface area (Å²) in [6.45, 7) is 5.42. The highest BCUT2D eigenvalue weighted by Gasteiger charge is 2.16. The van der Waals surface area contributed by atoms with Crippen LogP contribution in [0, 0.1) is 0 Å². The summed E-state index contributed by atoms with van der Waals surface area (Å²) in [5.74, 6) is 0. The predicted octanol–water partition coefficient (Wildman–Crippen LogP) is 0.806. The first-order chi connectivity index (χ1) is 5.36. The van der Waals surface area contributed by atoms with Crippen molar-refractivity contribution in [1.29, 1.82) is 0 Å². The number of hydrogen-bond acceptors (Lipinski definition) is 3. The van der Waals surface area contributed by atoms with Crippen LogP contribution in [0.3, 0.4) is 0 Å². The molecular weight excluding hydrogens is 140 g/mol. The quantitative estimate of drug-likeness (QED) is 0.435. The number of likely N-dealkylation sites (tertiary alicyclic amines) is 1. The van der Waals surface area contributed by atoms with Crippen LogP contribution < -0.4 is 0 Å². The zero-order chi connectivity index (χ0) is 8.10. The van der Waals surface area contributed by atoms with Crippen LogP contribution in [-0.2, 0) is 4.79 Å². The molecule has 3 nitrogen and oxygen atoms in total. The van der Waals surface area contributed by atoms with Crippen LogP contribution >= 0.6 is 0 Å². The molecule has 0 radical (unpaired) electrons. The highest BCUT2D eigenvalue weighted by molar-refractivity contribution is 5.33. The molecule has 1 heterocycles. The van der Waals surface area contributed by atoms with E-state index in [2.05, 4.69) is 16.8 Å². The number of rotatable bonds is 2. The smallest absolute Gasteiger partial charge is 0.235 e. The van der Waals surface area contributed by atoms with Crippen molar-refractivity contribution in [3.63, 3.8) is 0 Å². The molecule has 0 aromatic carbocycles. The molecule has 11 heavy (non-hydrogen) atoms. The van der Waals surface area contributed by atoms with Crippen molar-refractivity contribution in [2.45, 2.75) is 25.8 Å². The lowest BCUT2D eigenvalue weighted by molar-refractivity contribution is 0.224. The van der Waals surface area contributed by atoms with Gasteiger partial charge in [-0.25, -0.2) is 9.79 Å². The van der Waals surface area contributed by atoms with Gasteiger partial charge in [-0.15, -0.1) is 0 Å². The number of nitrogens with zero attached hydrogens (tertiary/aromatic N) is 2. The van der Waals surface area contributed by atoms with E-state index >= 15 is 0 Å². The van der Waals surface area contributed by atoms with Crippen molar-refractivity contribution in [3.05, 3.63) is 0 Å². The maximum atomic E-state index is 9.92. The van der Waals surface area contributed by atoms with Gasteiger partial charge in [-0.05, 0) is 19.4 Å². The molecule has 0 unspecified atom stereocenters. The fourth-order valence-electron chi connectivity index (χ4n) is 1.44. The molecule has 0 aliphatic carbocycles. The van der Waals surface area contributed by atoms with Gasteiger partial charge in [0.15, 0.2) is 0 Å². The van der Waals surface area contributed by atoms with E-state index in [4.69, 9.17) is 0 Å². The Balaban J connectivity index is 2.29. The van der Waals surface area contributed by atoms with Crippen molar-refractivity contribution < 1.29 is 4.79 Å². The third-order valence-electron chi connectivity index (χ3n) is 2.24. The second kappa shape index (κ2) is 4.27. The number of isocyanates is 1. The summed E-state index contributed by atoms with van der Waals surface area (Å²) in [7, 11) is 0. The van der Waals surface area contributed by atoms with Gasteiger partial charge in [0.1, 0.15) is 0 Å². The van der Waals surface area contributed by atoms with E-state index in [1.54, 1.807) is 6.08 Å². The maximum Gasteiger partial charge on any atom is 0.235 e. The summed E-state index contributed by atoms with van der Waals surface area (Å²) in [6.07, 6.45) is 3.66. The first-order valence-electron chi connectivity index (χ1n) is 4.16. The van der Waals surface area contributed by atoms with Gasteiger partial charge in [0.2, 0.25) is 6.08 Å². The average molecular weight is 154 g/mol. The lowest BCUT2D eigenvalue weighted by Crippen LogP contribution is -2.34. The second-order valence-corrected chi connectivity index (χ2v) is 2.89. The van der Waals surface area contributed by atoms with Crippen molar-refractivity contribution >= 4 is 6.08 Å². The van der Waals surface area contributed by atoms with Gasteiger partial charge in [-0.3, -0.25) is 0 Å². The van der Waals surface area contributed by atoms with Crippen LogP contribution in [0.5, 0.6) is 0 Å². The van der Waals surface area contributed by atoms with Crippen LogP contribution in [0.2, 0.25) is 0 Å². The van der Waals surface area contributed by atoms with Gasteiger partial charge in [-0.1, -0.05) is 6.92 Å². The van der Waals surface area contributed by atoms with E-state index in [0.29, 0.717) is 0 Å². The molecule has 0 N–H and O–H groups in total.